The van der Waals surface area contributed by atoms with Gasteiger partial charge in [0.15, 0.2) is 14.1 Å². The van der Waals surface area contributed by atoms with Crippen molar-refractivity contribution in [1.29, 1.82) is 0 Å². The second kappa shape index (κ2) is 9.64. The van der Waals surface area contributed by atoms with Gasteiger partial charge in [0.2, 0.25) is 5.83 Å². The van der Waals surface area contributed by atoms with Gasteiger partial charge in [0, 0.05) is 6.10 Å². The lowest BCUT2D eigenvalue weighted by molar-refractivity contribution is -0.181. The molecule has 4 saturated carbocycles. The maximum Gasteiger partial charge on any atom is 0.367 e. The zero-order chi connectivity index (χ0) is 28.8. The number of rotatable bonds is 4. The van der Waals surface area contributed by atoms with E-state index in [1.165, 1.54) is 0 Å². The van der Waals surface area contributed by atoms with Gasteiger partial charge in [0.25, 0.3) is 0 Å². The van der Waals surface area contributed by atoms with E-state index in [0.29, 0.717) is 29.7 Å². The highest BCUT2D eigenvalue weighted by atomic mass is 28.4. The average Bonchev–Trinajstić information content (AvgIpc) is 3.34. The van der Waals surface area contributed by atoms with Crippen LogP contribution in [-0.4, -0.2) is 45.0 Å². The molecule has 0 aromatic rings. The molecule has 9 atom stereocenters. The number of allylic oxidation sites excluding steroid dienone is 1. The summed E-state index contributed by atoms with van der Waals surface area (Å²) in [6.07, 6.45) is 6.98. The highest BCUT2D eigenvalue weighted by molar-refractivity contribution is 6.74. The first-order valence-electron chi connectivity index (χ1n) is 15.5. The average molecular weight is 565 g/mol. The maximum absolute atomic E-state index is 15.5. The van der Waals surface area contributed by atoms with E-state index >= 15 is 4.39 Å². The van der Waals surface area contributed by atoms with Crippen molar-refractivity contribution in [2.75, 3.05) is 6.61 Å². The summed E-state index contributed by atoms with van der Waals surface area (Å²) in [6.45, 7) is 22.4. The molecule has 0 N–H and O–H groups in total. The van der Waals surface area contributed by atoms with Crippen molar-refractivity contribution in [2.45, 2.75) is 143 Å². The Balaban J connectivity index is 1.48. The molecule has 0 spiro atoms. The molecule has 4 aliphatic carbocycles. The van der Waals surface area contributed by atoms with Crippen molar-refractivity contribution in [2.24, 2.45) is 34.5 Å². The lowest BCUT2D eigenvalue weighted by Crippen LogP contribution is -2.63. The van der Waals surface area contributed by atoms with Crippen LogP contribution in [-0.2, 0) is 23.4 Å². The molecule has 0 bridgehead atoms. The van der Waals surface area contributed by atoms with Crippen LogP contribution >= 0.6 is 0 Å². The van der Waals surface area contributed by atoms with Gasteiger partial charge < -0.3 is 18.6 Å². The van der Waals surface area contributed by atoms with Crippen LogP contribution in [0.5, 0.6) is 0 Å². The summed E-state index contributed by atoms with van der Waals surface area (Å²) in [6, 6.07) is 0. The van der Waals surface area contributed by atoms with Crippen LogP contribution in [0, 0.1) is 34.5 Å². The van der Waals surface area contributed by atoms with E-state index in [1.54, 1.807) is 6.92 Å². The maximum atomic E-state index is 15.5. The Labute approximate surface area is 237 Å². The molecular formula is C32H53FO5Si. The van der Waals surface area contributed by atoms with E-state index in [-0.39, 0.29) is 46.7 Å². The summed E-state index contributed by atoms with van der Waals surface area (Å²) in [5, 5.41) is 0.184. The lowest BCUT2D eigenvalue weighted by atomic mass is 9.43. The summed E-state index contributed by atoms with van der Waals surface area (Å²) in [4.78, 5) is 12.4. The van der Waals surface area contributed by atoms with Crippen LogP contribution in [0.2, 0.25) is 18.1 Å². The van der Waals surface area contributed by atoms with Crippen LogP contribution in [0.25, 0.3) is 0 Å². The largest absolute Gasteiger partial charge is 0.461 e. The monoisotopic (exact) mass is 564 g/mol. The Morgan fingerprint density at radius 1 is 1.00 bits per heavy atom. The normalized spacial score (nSPS) is 44.6. The SMILES string of the molecule is CCOC(=O)C(F)=C1CCC2C3C(CC[C@]12C)[C@@]1(C)CC[C@H](O[Si](C)(C)C(C)(C)C)CC1[C@H]1OC(C)(C)O[C@H]31. The minimum absolute atomic E-state index is 0.00988. The highest BCUT2D eigenvalue weighted by Gasteiger charge is 2.68. The van der Waals surface area contributed by atoms with Gasteiger partial charge >= 0.3 is 5.97 Å². The molecule has 5 rings (SSSR count). The summed E-state index contributed by atoms with van der Waals surface area (Å²) in [5.74, 6) is -0.642. The number of esters is 1. The quantitative estimate of drug-likeness (QED) is 0.197. The summed E-state index contributed by atoms with van der Waals surface area (Å²) >= 11 is 0. The Bertz CT molecular complexity index is 1020. The summed E-state index contributed by atoms with van der Waals surface area (Å²) in [5.41, 5.74) is 0.471. The van der Waals surface area contributed by atoms with E-state index < -0.39 is 25.9 Å². The fourth-order valence-corrected chi connectivity index (χ4v) is 10.7. The van der Waals surface area contributed by atoms with E-state index in [9.17, 15) is 4.79 Å². The topological polar surface area (TPSA) is 54.0 Å². The first kappa shape index (κ1) is 29.7. The molecule has 4 unspecified atom stereocenters. The van der Waals surface area contributed by atoms with Crippen LogP contribution < -0.4 is 0 Å². The smallest absolute Gasteiger partial charge is 0.367 e. The molecule has 5 nitrogen and oxygen atoms in total. The van der Waals surface area contributed by atoms with Crippen LogP contribution in [0.3, 0.4) is 0 Å². The first-order chi connectivity index (χ1) is 18.0. The fraction of sp³-hybridized carbons (Fsp3) is 0.906. The third-order valence-electron chi connectivity index (χ3n) is 12.3. The molecule has 1 saturated heterocycles. The number of ether oxygens (including phenoxy) is 3. The van der Waals surface area contributed by atoms with Gasteiger partial charge in [0.1, 0.15) is 0 Å². The van der Waals surface area contributed by atoms with E-state index in [0.717, 1.165) is 38.5 Å². The van der Waals surface area contributed by atoms with Crippen molar-refractivity contribution in [3.05, 3.63) is 11.4 Å². The third-order valence-corrected chi connectivity index (χ3v) is 16.8. The fourth-order valence-electron chi connectivity index (χ4n) is 9.34. The van der Waals surface area contributed by atoms with Crippen LogP contribution in [0.1, 0.15) is 100 Å². The molecule has 222 valence electrons. The van der Waals surface area contributed by atoms with Crippen LogP contribution in [0.4, 0.5) is 4.39 Å². The van der Waals surface area contributed by atoms with Crippen LogP contribution in [0.15, 0.2) is 11.4 Å². The Morgan fingerprint density at radius 2 is 1.67 bits per heavy atom. The predicted molar refractivity (Wildman–Crippen MR) is 153 cm³/mol. The van der Waals surface area contributed by atoms with E-state index in [1.807, 2.05) is 13.8 Å². The molecule has 5 fully saturated rings. The second-order valence-corrected chi connectivity index (χ2v) is 20.5. The zero-order valence-electron chi connectivity index (χ0n) is 26.1. The van der Waals surface area contributed by atoms with Gasteiger partial charge in [-0.2, -0.15) is 4.39 Å². The number of carbonyl (C=O) groups is 1. The van der Waals surface area contributed by atoms with Gasteiger partial charge in [-0.05, 0) is 124 Å². The Kier molecular flexibility index (Phi) is 7.34. The number of carbonyl (C=O) groups excluding carboxylic acids is 1. The molecule has 0 radical (unpaired) electrons. The predicted octanol–water partition coefficient (Wildman–Crippen LogP) is 7.95. The van der Waals surface area contributed by atoms with Crippen molar-refractivity contribution in [3.8, 4) is 0 Å². The number of halogens is 1. The van der Waals surface area contributed by atoms with Gasteiger partial charge in [-0.15, -0.1) is 0 Å². The second-order valence-electron chi connectivity index (χ2n) is 15.7. The van der Waals surface area contributed by atoms with Gasteiger partial charge in [-0.1, -0.05) is 34.6 Å². The first-order valence-corrected chi connectivity index (χ1v) is 18.5. The molecule has 0 aromatic carbocycles. The molecular weight excluding hydrogens is 511 g/mol. The summed E-state index contributed by atoms with van der Waals surface area (Å²) in [7, 11) is -1.88. The minimum atomic E-state index is -1.88. The third kappa shape index (κ3) is 4.69. The number of hydrogen-bond donors (Lipinski definition) is 0. The standard InChI is InChI=1S/C32H53FO5Si/c1-11-35-28(34)25(33)22-13-12-20-24-21(15-17-31(20,22)7)32(8)16-14-19(38-39(9,10)29(2,3)4)18-23(32)26-27(24)37-30(5,6)36-26/h19-21,23-24,26-27H,11-18H2,1-10H3/t19-,20?,21?,23?,24?,26+,27+,31-,32+/m0/s1. The molecule has 1 heterocycles. The van der Waals surface area contributed by atoms with Crippen molar-refractivity contribution < 1.29 is 27.8 Å². The molecule has 7 heteroatoms. The van der Waals surface area contributed by atoms with Gasteiger partial charge in [-0.3, -0.25) is 0 Å². The van der Waals surface area contributed by atoms with Gasteiger partial charge in [0.05, 0.1) is 18.8 Å². The van der Waals surface area contributed by atoms with E-state index in [4.69, 9.17) is 18.6 Å². The molecule has 0 aromatic heterocycles. The minimum Gasteiger partial charge on any atom is -0.461 e. The molecule has 39 heavy (non-hydrogen) atoms. The Morgan fingerprint density at radius 3 is 2.31 bits per heavy atom. The highest BCUT2D eigenvalue weighted by Crippen LogP contribution is 2.70. The zero-order valence-corrected chi connectivity index (χ0v) is 27.1. The van der Waals surface area contributed by atoms with Crippen molar-refractivity contribution in [3.63, 3.8) is 0 Å². The summed E-state index contributed by atoms with van der Waals surface area (Å²) < 4.78 is 41.1. The number of fused-ring (bicyclic) bond motifs is 8. The molecule has 1 aliphatic heterocycles. The van der Waals surface area contributed by atoms with Crippen molar-refractivity contribution >= 4 is 14.3 Å². The number of hydrogen-bond acceptors (Lipinski definition) is 5. The van der Waals surface area contributed by atoms with E-state index in [2.05, 4.69) is 47.7 Å². The molecule has 5 aliphatic rings. The lowest BCUT2D eigenvalue weighted by Gasteiger charge is -2.63. The van der Waals surface area contributed by atoms with Crippen molar-refractivity contribution in [1.82, 2.24) is 0 Å². The Hall–Kier alpha value is -0.763. The molecule has 0 amide bonds. The van der Waals surface area contributed by atoms with Gasteiger partial charge in [-0.25, -0.2) is 4.79 Å².